The Balaban J connectivity index is 1.51. The molecule has 27 heavy (non-hydrogen) atoms. The van der Waals surface area contributed by atoms with Crippen molar-refractivity contribution < 1.29 is 26.3 Å². The molecule has 2 aromatic rings. The molecule has 10 heteroatoms. The first kappa shape index (κ1) is 18.2. The first-order valence-electron chi connectivity index (χ1n) is 8.28. The first-order chi connectivity index (χ1) is 12.6. The maximum absolute atomic E-state index is 12.8. The van der Waals surface area contributed by atoms with Crippen molar-refractivity contribution in [3.05, 3.63) is 53.2 Å². The minimum Gasteiger partial charge on any atom is -0.439 e. The van der Waals surface area contributed by atoms with Crippen LogP contribution in [-0.4, -0.2) is 29.2 Å². The fourth-order valence-corrected chi connectivity index (χ4v) is 4.60. The van der Waals surface area contributed by atoms with Gasteiger partial charge in [-0.3, -0.25) is 0 Å². The van der Waals surface area contributed by atoms with E-state index in [4.69, 9.17) is 4.74 Å². The number of hydrogen-bond acceptors (Lipinski definition) is 5. The van der Waals surface area contributed by atoms with Gasteiger partial charge in [0.05, 0.1) is 0 Å². The molecule has 1 fully saturated rings. The summed E-state index contributed by atoms with van der Waals surface area (Å²) in [5.41, 5.74) is 3.75. The van der Waals surface area contributed by atoms with E-state index < -0.39 is 27.3 Å². The van der Waals surface area contributed by atoms with Crippen LogP contribution in [0.2, 0.25) is 0 Å². The second kappa shape index (κ2) is 6.18. The number of sulfonamides is 1. The van der Waals surface area contributed by atoms with Gasteiger partial charge in [-0.15, -0.1) is 4.41 Å². The van der Waals surface area contributed by atoms with Crippen molar-refractivity contribution in [3.63, 3.8) is 0 Å². The summed E-state index contributed by atoms with van der Waals surface area (Å²) in [5, 5.41) is -0.591. The molecule has 0 saturated carbocycles. The predicted molar refractivity (Wildman–Crippen MR) is 90.3 cm³/mol. The van der Waals surface area contributed by atoms with Gasteiger partial charge in [-0.2, -0.15) is 13.2 Å². The molecule has 1 aliphatic carbocycles. The number of nitrogens with one attached hydrogen (secondary N) is 1. The average molecular weight is 399 g/mol. The topological polar surface area (TPSA) is 71.5 Å². The van der Waals surface area contributed by atoms with Crippen LogP contribution in [0.5, 0.6) is 11.6 Å². The highest BCUT2D eigenvalue weighted by Crippen LogP contribution is 2.34. The second-order valence-electron chi connectivity index (χ2n) is 6.57. The van der Waals surface area contributed by atoms with Crippen LogP contribution >= 0.6 is 0 Å². The summed E-state index contributed by atoms with van der Waals surface area (Å²) in [7, 11) is -3.31. The second-order valence-corrected chi connectivity index (χ2v) is 8.70. The Labute approximate surface area is 154 Å². The molecule has 1 saturated heterocycles. The summed E-state index contributed by atoms with van der Waals surface area (Å²) in [4.78, 5) is 3.48. The number of rotatable bonds is 3. The number of hydrogen-bond donors (Lipinski definition) is 1. The van der Waals surface area contributed by atoms with E-state index in [0.29, 0.717) is 18.6 Å². The molecule has 1 aromatic heterocycles. The van der Waals surface area contributed by atoms with Crippen LogP contribution < -0.4 is 10.2 Å². The minimum atomic E-state index is -4.54. The summed E-state index contributed by atoms with van der Waals surface area (Å²) in [5.74, 6) is 0.203. The number of halogens is 3. The Morgan fingerprint density at radius 1 is 1.19 bits per heavy atom. The Kier molecular flexibility index (Phi) is 4.17. The van der Waals surface area contributed by atoms with E-state index in [1.807, 2.05) is 0 Å². The number of fused-ring (bicyclic) bond motifs is 1. The molecule has 0 spiro atoms. The summed E-state index contributed by atoms with van der Waals surface area (Å²) < 4.78 is 69.1. The summed E-state index contributed by atoms with van der Waals surface area (Å²) >= 11 is 0. The van der Waals surface area contributed by atoms with Crippen LogP contribution in [0.25, 0.3) is 0 Å². The Morgan fingerprint density at radius 2 is 1.93 bits per heavy atom. The molecule has 4 rings (SSSR count). The number of aromatic nitrogens is 1. The van der Waals surface area contributed by atoms with E-state index in [1.54, 1.807) is 25.1 Å². The van der Waals surface area contributed by atoms with Crippen molar-refractivity contribution in [3.8, 4) is 11.6 Å². The zero-order valence-electron chi connectivity index (χ0n) is 14.2. The van der Waals surface area contributed by atoms with E-state index >= 15 is 0 Å². The van der Waals surface area contributed by atoms with Crippen LogP contribution in [0.4, 0.5) is 13.2 Å². The largest absolute Gasteiger partial charge is 0.439 e. The van der Waals surface area contributed by atoms with Crippen molar-refractivity contribution in [2.75, 3.05) is 0 Å². The lowest BCUT2D eigenvalue weighted by Gasteiger charge is -2.41. The van der Waals surface area contributed by atoms with Gasteiger partial charge >= 0.3 is 6.18 Å². The van der Waals surface area contributed by atoms with Crippen molar-refractivity contribution in [1.29, 1.82) is 0 Å². The van der Waals surface area contributed by atoms with Gasteiger partial charge < -0.3 is 4.74 Å². The molecule has 1 aliphatic heterocycles. The van der Waals surface area contributed by atoms with Gasteiger partial charge in [0.15, 0.2) is 0 Å². The third-order valence-electron chi connectivity index (χ3n) is 4.69. The molecule has 0 radical (unpaired) electrons. The van der Waals surface area contributed by atoms with E-state index in [-0.39, 0.29) is 11.9 Å². The smallest absolute Gasteiger partial charge is 0.433 e. The molecular weight excluding hydrogens is 383 g/mol. The van der Waals surface area contributed by atoms with Gasteiger partial charge in [-0.05, 0) is 49.1 Å². The number of nitrogens with zero attached hydrogens (tertiary/aromatic N) is 2. The molecule has 2 aliphatic rings. The van der Waals surface area contributed by atoms with Crippen LogP contribution in [0, 0.1) is 0 Å². The summed E-state index contributed by atoms with van der Waals surface area (Å²) in [6.45, 7) is 1.59. The lowest BCUT2D eigenvalue weighted by Crippen LogP contribution is -2.67. The van der Waals surface area contributed by atoms with Crippen molar-refractivity contribution in [1.82, 2.24) is 14.8 Å². The van der Waals surface area contributed by atoms with E-state index in [0.717, 1.165) is 17.2 Å². The lowest BCUT2D eigenvalue weighted by atomic mass is 10.1. The van der Waals surface area contributed by atoms with Crippen molar-refractivity contribution >= 4 is 10.0 Å². The molecule has 0 bridgehead atoms. The highest BCUT2D eigenvalue weighted by Gasteiger charge is 2.46. The maximum Gasteiger partial charge on any atom is 0.433 e. The Hall–Kier alpha value is -2.17. The van der Waals surface area contributed by atoms with Crippen molar-refractivity contribution in [2.24, 2.45) is 0 Å². The van der Waals surface area contributed by atoms with E-state index in [9.17, 15) is 21.6 Å². The molecule has 1 N–H and O–H groups in total. The van der Waals surface area contributed by atoms with Gasteiger partial charge in [0.2, 0.25) is 15.9 Å². The molecule has 1 unspecified atom stereocenters. The van der Waals surface area contributed by atoms with Gasteiger partial charge in [-0.1, -0.05) is 12.1 Å². The fraction of sp³-hybridized carbons (Fsp3) is 0.353. The highest BCUT2D eigenvalue weighted by molar-refractivity contribution is 7.90. The molecule has 2 atom stereocenters. The van der Waals surface area contributed by atoms with Gasteiger partial charge in [0, 0.05) is 12.1 Å². The third kappa shape index (κ3) is 3.28. The quantitative estimate of drug-likeness (QED) is 0.860. The lowest BCUT2D eigenvalue weighted by molar-refractivity contribution is -0.141. The van der Waals surface area contributed by atoms with Gasteiger partial charge in [0.1, 0.15) is 16.8 Å². The number of ether oxygens (including phenoxy) is 1. The van der Waals surface area contributed by atoms with Crippen LogP contribution in [0.1, 0.15) is 23.7 Å². The zero-order chi connectivity index (χ0) is 19.4. The Morgan fingerprint density at radius 3 is 2.59 bits per heavy atom. The monoisotopic (exact) mass is 399 g/mol. The zero-order valence-corrected chi connectivity index (χ0v) is 15.0. The molecule has 6 nitrogen and oxygen atoms in total. The van der Waals surface area contributed by atoms with Crippen LogP contribution in [-0.2, 0) is 29.0 Å². The minimum absolute atomic E-state index is 0.153. The predicted octanol–water partition coefficient (Wildman–Crippen LogP) is 2.86. The number of pyridine rings is 1. The average Bonchev–Trinajstić information content (AvgIpc) is 3.01. The SMILES string of the molecule is CC1NN([C@@H]2Cc3ccc(Oc4cccc(C(F)(F)F)n4)cc3C2)S1(=O)=O. The standard InChI is InChI=1S/C17H16F3N3O3S/c1-10-22-23(27(10,24)25)13-7-11-5-6-14(9-12(11)8-13)26-16-4-2-3-15(21-16)17(18,19)20/h2-6,9-10,13,22H,7-8H2,1H3/t10?,13-/m1/s1. The third-order valence-corrected chi connectivity index (χ3v) is 6.64. The normalized spacial score (nSPS) is 24.3. The van der Waals surface area contributed by atoms with E-state index in [1.165, 1.54) is 16.5 Å². The molecular formula is C17H16F3N3O3S. The molecule has 2 heterocycles. The fourth-order valence-electron chi connectivity index (χ4n) is 3.30. The highest BCUT2D eigenvalue weighted by atomic mass is 32.2. The van der Waals surface area contributed by atoms with Crippen LogP contribution in [0.15, 0.2) is 36.4 Å². The van der Waals surface area contributed by atoms with Gasteiger partial charge in [-0.25, -0.2) is 18.8 Å². The molecule has 0 amide bonds. The van der Waals surface area contributed by atoms with E-state index in [2.05, 4.69) is 10.4 Å². The van der Waals surface area contributed by atoms with Crippen molar-refractivity contribution in [2.45, 2.75) is 37.4 Å². The maximum atomic E-state index is 12.8. The van der Waals surface area contributed by atoms with Gasteiger partial charge in [0.25, 0.3) is 0 Å². The Bertz CT molecular complexity index is 994. The number of alkyl halides is 3. The summed E-state index contributed by atoms with van der Waals surface area (Å²) in [6.07, 6.45) is -3.48. The molecule has 1 aromatic carbocycles. The van der Waals surface area contributed by atoms with Crippen LogP contribution in [0.3, 0.4) is 0 Å². The number of benzene rings is 1. The first-order valence-corrected chi connectivity index (χ1v) is 9.78. The number of hydrazine groups is 1. The summed E-state index contributed by atoms with van der Waals surface area (Å²) in [6, 6.07) is 8.40. The molecule has 144 valence electrons.